The second-order valence-electron chi connectivity index (χ2n) is 4.79. The average Bonchev–Trinajstić information content (AvgIpc) is 2.50. The summed E-state index contributed by atoms with van der Waals surface area (Å²) < 4.78 is 0. The summed E-state index contributed by atoms with van der Waals surface area (Å²) in [6.07, 6.45) is 0. The molecule has 2 nitrogen and oxygen atoms in total. The number of hydrogen-bond donors (Lipinski definition) is 2. The number of anilines is 2. The molecule has 0 saturated carbocycles. The molecule has 0 heterocycles. The Labute approximate surface area is 128 Å². The van der Waals surface area contributed by atoms with Gasteiger partial charge in [-0.15, -0.1) is 0 Å². The van der Waals surface area contributed by atoms with Gasteiger partial charge in [-0.25, -0.2) is 0 Å². The fourth-order valence-corrected chi connectivity index (χ4v) is 3.05. The normalized spacial score (nSPS) is 10.5. The molecule has 0 atom stereocenters. The second-order valence-corrected chi connectivity index (χ2v) is 5.91. The van der Waals surface area contributed by atoms with Crippen molar-refractivity contribution in [3.63, 3.8) is 0 Å². The highest BCUT2D eigenvalue weighted by molar-refractivity contribution is 7.99. The summed E-state index contributed by atoms with van der Waals surface area (Å²) in [7, 11) is 0. The van der Waals surface area contributed by atoms with E-state index in [0.29, 0.717) is 0 Å². The molecule has 0 aliphatic rings. The van der Waals surface area contributed by atoms with Crippen LogP contribution in [0.1, 0.15) is 0 Å². The van der Waals surface area contributed by atoms with Crippen molar-refractivity contribution in [3.05, 3.63) is 72.8 Å². The van der Waals surface area contributed by atoms with Crippen molar-refractivity contribution in [1.82, 2.24) is 0 Å². The number of benzene rings is 3. The maximum Gasteiger partial charge on any atom is 0.0456 e. The first kappa shape index (κ1) is 13.6. The van der Waals surface area contributed by atoms with Gasteiger partial charge in [-0.1, -0.05) is 48.2 Å². The van der Waals surface area contributed by atoms with E-state index >= 15 is 0 Å². The van der Waals surface area contributed by atoms with Crippen LogP contribution in [-0.4, -0.2) is 0 Å². The zero-order chi connectivity index (χ0) is 14.7. The van der Waals surface area contributed by atoms with E-state index in [1.165, 1.54) is 4.90 Å². The van der Waals surface area contributed by atoms with Gasteiger partial charge in [0.15, 0.2) is 0 Å². The van der Waals surface area contributed by atoms with Gasteiger partial charge in [0.2, 0.25) is 0 Å². The van der Waals surface area contributed by atoms with E-state index in [0.717, 1.165) is 27.4 Å². The molecule has 0 radical (unpaired) electrons. The Hall–Kier alpha value is -2.39. The van der Waals surface area contributed by atoms with Crippen LogP contribution >= 0.6 is 11.8 Å². The van der Waals surface area contributed by atoms with E-state index in [-0.39, 0.29) is 0 Å². The predicted molar refractivity (Wildman–Crippen MR) is 91.3 cm³/mol. The molecule has 4 N–H and O–H groups in total. The largest absolute Gasteiger partial charge is 0.399 e. The summed E-state index contributed by atoms with van der Waals surface area (Å²) in [6.45, 7) is 0. The molecule has 0 unspecified atom stereocenters. The van der Waals surface area contributed by atoms with Crippen LogP contribution in [0.25, 0.3) is 11.1 Å². The van der Waals surface area contributed by atoms with Gasteiger partial charge >= 0.3 is 0 Å². The highest BCUT2D eigenvalue weighted by Crippen LogP contribution is 2.35. The maximum absolute atomic E-state index is 6.10. The third-order valence-corrected chi connectivity index (χ3v) is 4.29. The summed E-state index contributed by atoms with van der Waals surface area (Å²) in [5.74, 6) is 0. The molecule has 0 bridgehead atoms. The van der Waals surface area contributed by atoms with Gasteiger partial charge < -0.3 is 11.5 Å². The van der Waals surface area contributed by atoms with Gasteiger partial charge in [-0.05, 0) is 47.5 Å². The van der Waals surface area contributed by atoms with Crippen LogP contribution in [0, 0.1) is 0 Å². The van der Waals surface area contributed by atoms with Gasteiger partial charge in [-0.2, -0.15) is 0 Å². The quantitative estimate of drug-likeness (QED) is 0.690. The van der Waals surface area contributed by atoms with E-state index in [1.54, 1.807) is 11.8 Å². The van der Waals surface area contributed by atoms with Crippen molar-refractivity contribution in [2.24, 2.45) is 0 Å². The number of hydrogen-bond acceptors (Lipinski definition) is 3. The summed E-state index contributed by atoms with van der Waals surface area (Å²) in [5, 5.41) is 0. The molecule has 21 heavy (non-hydrogen) atoms. The molecule has 3 rings (SSSR count). The Morgan fingerprint density at radius 2 is 1.43 bits per heavy atom. The molecule has 0 amide bonds. The third-order valence-electron chi connectivity index (χ3n) is 3.20. The van der Waals surface area contributed by atoms with E-state index in [9.17, 15) is 0 Å². The molecular weight excluding hydrogens is 276 g/mol. The molecule has 0 aromatic heterocycles. The highest BCUT2D eigenvalue weighted by atomic mass is 32.2. The first-order valence-electron chi connectivity index (χ1n) is 6.71. The molecule has 3 heteroatoms. The van der Waals surface area contributed by atoms with Gasteiger partial charge in [0, 0.05) is 21.2 Å². The SMILES string of the molecule is Nc1cccc(-c2ccc(N)c(Sc3ccccc3)c2)c1. The Morgan fingerprint density at radius 3 is 2.19 bits per heavy atom. The zero-order valence-corrected chi connectivity index (χ0v) is 12.3. The molecule has 0 aliphatic carbocycles. The second kappa shape index (κ2) is 5.94. The highest BCUT2D eigenvalue weighted by Gasteiger charge is 2.05. The summed E-state index contributed by atoms with van der Waals surface area (Å²) in [6, 6.07) is 24.2. The predicted octanol–water partition coefficient (Wildman–Crippen LogP) is 4.67. The lowest BCUT2D eigenvalue weighted by atomic mass is 10.0. The zero-order valence-electron chi connectivity index (χ0n) is 11.5. The van der Waals surface area contributed by atoms with Gasteiger partial charge in [0.05, 0.1) is 0 Å². The first-order chi connectivity index (χ1) is 10.2. The standard InChI is InChI=1S/C18H16N2S/c19-15-6-4-5-13(11-15)14-9-10-17(20)18(12-14)21-16-7-2-1-3-8-16/h1-12H,19-20H2. The van der Waals surface area contributed by atoms with Gasteiger partial charge in [-0.3, -0.25) is 0 Å². The number of rotatable bonds is 3. The van der Waals surface area contributed by atoms with Crippen LogP contribution < -0.4 is 11.5 Å². The van der Waals surface area contributed by atoms with Crippen molar-refractivity contribution in [2.75, 3.05) is 11.5 Å². The third kappa shape index (κ3) is 3.20. The Balaban J connectivity index is 1.97. The minimum Gasteiger partial charge on any atom is -0.399 e. The van der Waals surface area contributed by atoms with Crippen molar-refractivity contribution in [1.29, 1.82) is 0 Å². The number of nitrogen functional groups attached to an aromatic ring is 2. The Morgan fingerprint density at radius 1 is 0.667 bits per heavy atom. The molecule has 0 aliphatic heterocycles. The molecule has 3 aromatic carbocycles. The summed E-state index contributed by atoms with van der Waals surface area (Å²) in [4.78, 5) is 2.23. The van der Waals surface area contributed by atoms with Crippen LogP contribution in [0.15, 0.2) is 82.6 Å². The van der Waals surface area contributed by atoms with E-state index in [4.69, 9.17) is 11.5 Å². The van der Waals surface area contributed by atoms with Crippen LogP contribution in [-0.2, 0) is 0 Å². The molecule has 0 saturated heterocycles. The molecule has 3 aromatic rings. The van der Waals surface area contributed by atoms with Crippen molar-refractivity contribution in [3.8, 4) is 11.1 Å². The molecular formula is C18H16N2S. The number of nitrogens with two attached hydrogens (primary N) is 2. The summed E-state index contributed by atoms with van der Waals surface area (Å²) in [5.41, 5.74) is 15.7. The molecule has 0 spiro atoms. The van der Waals surface area contributed by atoms with E-state index in [1.807, 2.05) is 48.5 Å². The van der Waals surface area contributed by atoms with Crippen molar-refractivity contribution < 1.29 is 0 Å². The lowest BCUT2D eigenvalue weighted by molar-refractivity contribution is 1.41. The molecule has 0 fully saturated rings. The minimum absolute atomic E-state index is 0.765. The smallest absolute Gasteiger partial charge is 0.0456 e. The van der Waals surface area contributed by atoms with Crippen LogP contribution in [0.5, 0.6) is 0 Å². The Kier molecular flexibility index (Phi) is 3.84. The van der Waals surface area contributed by atoms with Crippen molar-refractivity contribution in [2.45, 2.75) is 9.79 Å². The lowest BCUT2D eigenvalue weighted by Crippen LogP contribution is -1.90. The van der Waals surface area contributed by atoms with Crippen molar-refractivity contribution >= 4 is 23.1 Å². The Bertz CT molecular complexity index is 754. The van der Waals surface area contributed by atoms with Gasteiger partial charge in [0.25, 0.3) is 0 Å². The van der Waals surface area contributed by atoms with Crippen LogP contribution in [0.4, 0.5) is 11.4 Å². The topological polar surface area (TPSA) is 52.0 Å². The molecule has 104 valence electrons. The van der Waals surface area contributed by atoms with Crippen LogP contribution in [0.2, 0.25) is 0 Å². The average molecular weight is 292 g/mol. The monoisotopic (exact) mass is 292 g/mol. The summed E-state index contributed by atoms with van der Waals surface area (Å²) >= 11 is 1.67. The minimum atomic E-state index is 0.765. The lowest BCUT2D eigenvalue weighted by Gasteiger charge is -2.09. The van der Waals surface area contributed by atoms with E-state index in [2.05, 4.69) is 24.3 Å². The van der Waals surface area contributed by atoms with Crippen LogP contribution in [0.3, 0.4) is 0 Å². The first-order valence-corrected chi connectivity index (χ1v) is 7.52. The van der Waals surface area contributed by atoms with Gasteiger partial charge in [0.1, 0.15) is 0 Å². The fourth-order valence-electron chi connectivity index (χ4n) is 2.14. The maximum atomic E-state index is 6.10. The fraction of sp³-hybridized carbons (Fsp3) is 0. The van der Waals surface area contributed by atoms with E-state index < -0.39 is 0 Å².